The molecule has 0 saturated carbocycles. The van der Waals surface area contributed by atoms with E-state index in [9.17, 15) is 9.90 Å². The van der Waals surface area contributed by atoms with Gasteiger partial charge in [-0.1, -0.05) is 45.0 Å². The van der Waals surface area contributed by atoms with Crippen LogP contribution in [-0.4, -0.2) is 24.4 Å². The molecule has 0 bridgehead atoms. The lowest BCUT2D eigenvalue weighted by atomic mass is 9.85. The van der Waals surface area contributed by atoms with Crippen molar-refractivity contribution >= 4 is 17.9 Å². The summed E-state index contributed by atoms with van der Waals surface area (Å²) in [5, 5.41) is 10.4. The van der Waals surface area contributed by atoms with Crippen LogP contribution in [0.2, 0.25) is 0 Å². The zero-order valence-electron chi connectivity index (χ0n) is 13.8. The van der Waals surface area contributed by atoms with Gasteiger partial charge in [0.2, 0.25) is 0 Å². The Morgan fingerprint density at radius 1 is 1.13 bits per heavy atom. The molecule has 0 unspecified atom stereocenters. The second-order valence-corrected chi connectivity index (χ2v) is 6.26. The van der Waals surface area contributed by atoms with E-state index in [0.29, 0.717) is 16.8 Å². The molecule has 0 aliphatic heterocycles. The standard InChI is InChI=1S/C19H21NO3/c1-19(2,3)15-10-7-8-13(17(15)21)12-20-16-11-6-5-9-14(16)18(22)23-4/h5-12,21H,1-4H3. The highest BCUT2D eigenvalue weighted by atomic mass is 16.5. The molecule has 0 radical (unpaired) electrons. The molecule has 120 valence electrons. The number of hydrogen-bond acceptors (Lipinski definition) is 4. The maximum absolute atomic E-state index is 11.8. The molecule has 0 fully saturated rings. The molecular weight excluding hydrogens is 290 g/mol. The molecule has 4 heteroatoms. The summed E-state index contributed by atoms with van der Waals surface area (Å²) in [6, 6.07) is 12.5. The van der Waals surface area contributed by atoms with Crippen LogP contribution < -0.4 is 0 Å². The van der Waals surface area contributed by atoms with Gasteiger partial charge in [-0.15, -0.1) is 0 Å². The zero-order chi connectivity index (χ0) is 17.0. The molecule has 0 atom stereocenters. The van der Waals surface area contributed by atoms with Crippen LogP contribution in [0.5, 0.6) is 5.75 Å². The van der Waals surface area contributed by atoms with Crippen molar-refractivity contribution in [1.29, 1.82) is 0 Å². The Kier molecular flexibility index (Phi) is 4.84. The number of methoxy groups -OCH3 is 1. The lowest BCUT2D eigenvalue weighted by Crippen LogP contribution is -2.11. The maximum atomic E-state index is 11.8. The van der Waals surface area contributed by atoms with E-state index in [2.05, 4.69) is 4.99 Å². The summed E-state index contributed by atoms with van der Waals surface area (Å²) in [5.74, 6) is -0.232. The van der Waals surface area contributed by atoms with Gasteiger partial charge >= 0.3 is 5.97 Å². The van der Waals surface area contributed by atoms with Gasteiger partial charge in [0, 0.05) is 11.8 Å². The molecule has 0 aromatic heterocycles. The average Bonchev–Trinajstić information content (AvgIpc) is 2.52. The molecular formula is C19H21NO3. The van der Waals surface area contributed by atoms with Gasteiger partial charge in [0.15, 0.2) is 0 Å². The van der Waals surface area contributed by atoms with Crippen LogP contribution in [-0.2, 0) is 10.2 Å². The van der Waals surface area contributed by atoms with Crippen molar-refractivity contribution in [3.05, 3.63) is 59.2 Å². The van der Waals surface area contributed by atoms with E-state index in [0.717, 1.165) is 5.56 Å². The van der Waals surface area contributed by atoms with E-state index in [1.165, 1.54) is 7.11 Å². The lowest BCUT2D eigenvalue weighted by Gasteiger charge is -2.21. The Bertz CT molecular complexity index is 743. The van der Waals surface area contributed by atoms with Gasteiger partial charge in [0.1, 0.15) is 5.75 Å². The smallest absolute Gasteiger partial charge is 0.340 e. The number of para-hydroxylation sites is 2. The van der Waals surface area contributed by atoms with Crippen molar-refractivity contribution in [2.24, 2.45) is 4.99 Å². The number of aromatic hydroxyl groups is 1. The van der Waals surface area contributed by atoms with Crippen LogP contribution in [0.4, 0.5) is 5.69 Å². The highest BCUT2D eigenvalue weighted by Gasteiger charge is 2.19. The minimum atomic E-state index is -0.439. The molecule has 0 amide bonds. The largest absolute Gasteiger partial charge is 0.507 e. The van der Waals surface area contributed by atoms with Crippen LogP contribution in [0.15, 0.2) is 47.5 Å². The molecule has 2 aromatic rings. The summed E-state index contributed by atoms with van der Waals surface area (Å²) in [6.45, 7) is 6.11. The summed E-state index contributed by atoms with van der Waals surface area (Å²) >= 11 is 0. The molecule has 0 spiro atoms. The molecule has 2 aromatic carbocycles. The Balaban J connectivity index is 2.41. The molecule has 0 heterocycles. The first-order chi connectivity index (χ1) is 10.8. The predicted octanol–water partition coefficient (Wildman–Crippen LogP) is 4.23. The number of esters is 1. The SMILES string of the molecule is COC(=O)c1ccccc1N=Cc1cccc(C(C)(C)C)c1O. The van der Waals surface area contributed by atoms with Crippen molar-refractivity contribution in [3.8, 4) is 5.75 Å². The first-order valence-electron chi connectivity index (χ1n) is 7.38. The molecule has 2 rings (SSSR count). The number of nitrogens with zero attached hydrogens (tertiary/aromatic N) is 1. The summed E-state index contributed by atoms with van der Waals surface area (Å²) in [5.41, 5.74) is 2.18. The number of hydrogen-bond donors (Lipinski definition) is 1. The van der Waals surface area contributed by atoms with E-state index in [4.69, 9.17) is 4.74 Å². The van der Waals surface area contributed by atoms with Crippen molar-refractivity contribution in [2.75, 3.05) is 7.11 Å². The number of carbonyl (C=O) groups is 1. The number of benzene rings is 2. The van der Waals surface area contributed by atoms with Gasteiger partial charge in [0.25, 0.3) is 0 Å². The van der Waals surface area contributed by atoms with Crippen molar-refractivity contribution in [3.63, 3.8) is 0 Å². The van der Waals surface area contributed by atoms with E-state index in [-0.39, 0.29) is 11.2 Å². The van der Waals surface area contributed by atoms with Crippen LogP contribution in [0, 0.1) is 0 Å². The maximum Gasteiger partial charge on any atom is 0.340 e. The Morgan fingerprint density at radius 3 is 2.48 bits per heavy atom. The Morgan fingerprint density at radius 2 is 1.83 bits per heavy atom. The summed E-state index contributed by atoms with van der Waals surface area (Å²) < 4.78 is 4.75. The minimum absolute atomic E-state index is 0.169. The average molecular weight is 311 g/mol. The highest BCUT2D eigenvalue weighted by molar-refractivity contribution is 5.96. The monoisotopic (exact) mass is 311 g/mol. The second kappa shape index (κ2) is 6.65. The van der Waals surface area contributed by atoms with E-state index in [1.807, 2.05) is 32.9 Å². The first kappa shape index (κ1) is 16.7. The normalized spacial score (nSPS) is 11.7. The van der Waals surface area contributed by atoms with E-state index < -0.39 is 5.97 Å². The zero-order valence-corrected chi connectivity index (χ0v) is 13.8. The predicted molar refractivity (Wildman–Crippen MR) is 91.8 cm³/mol. The highest BCUT2D eigenvalue weighted by Crippen LogP contribution is 2.32. The first-order valence-corrected chi connectivity index (χ1v) is 7.38. The molecule has 1 N–H and O–H groups in total. The Labute approximate surface area is 136 Å². The van der Waals surface area contributed by atoms with Crippen LogP contribution in [0.1, 0.15) is 42.3 Å². The van der Waals surface area contributed by atoms with Crippen LogP contribution in [0.25, 0.3) is 0 Å². The van der Waals surface area contributed by atoms with Crippen LogP contribution in [0.3, 0.4) is 0 Å². The topological polar surface area (TPSA) is 58.9 Å². The quantitative estimate of drug-likeness (QED) is 0.682. The number of phenolic OH excluding ortho intramolecular Hbond substituents is 1. The number of phenols is 1. The summed E-state index contributed by atoms with van der Waals surface area (Å²) in [6.07, 6.45) is 1.56. The molecule has 0 aliphatic rings. The van der Waals surface area contributed by atoms with E-state index in [1.54, 1.807) is 36.5 Å². The third kappa shape index (κ3) is 3.77. The lowest BCUT2D eigenvalue weighted by molar-refractivity contribution is 0.0601. The fourth-order valence-corrected chi connectivity index (χ4v) is 2.28. The van der Waals surface area contributed by atoms with Crippen LogP contribution >= 0.6 is 0 Å². The van der Waals surface area contributed by atoms with Gasteiger partial charge in [-0.2, -0.15) is 0 Å². The third-order valence-electron chi connectivity index (χ3n) is 3.53. The Hall–Kier alpha value is -2.62. The fraction of sp³-hybridized carbons (Fsp3) is 0.263. The van der Waals surface area contributed by atoms with Gasteiger partial charge < -0.3 is 9.84 Å². The molecule has 4 nitrogen and oxygen atoms in total. The molecule has 0 saturated heterocycles. The minimum Gasteiger partial charge on any atom is -0.507 e. The number of ether oxygens (including phenoxy) is 1. The molecule has 0 aliphatic carbocycles. The summed E-state index contributed by atoms with van der Waals surface area (Å²) in [7, 11) is 1.33. The van der Waals surface area contributed by atoms with E-state index >= 15 is 0 Å². The summed E-state index contributed by atoms with van der Waals surface area (Å²) in [4.78, 5) is 16.1. The van der Waals surface area contributed by atoms with Gasteiger partial charge in [-0.3, -0.25) is 4.99 Å². The van der Waals surface area contributed by atoms with Crippen molar-refractivity contribution in [1.82, 2.24) is 0 Å². The van der Waals surface area contributed by atoms with Gasteiger partial charge in [0.05, 0.1) is 18.4 Å². The second-order valence-electron chi connectivity index (χ2n) is 6.26. The fourth-order valence-electron chi connectivity index (χ4n) is 2.28. The number of carbonyl (C=O) groups excluding carboxylic acids is 1. The van der Waals surface area contributed by atoms with Gasteiger partial charge in [-0.25, -0.2) is 4.79 Å². The van der Waals surface area contributed by atoms with Crippen molar-refractivity contribution in [2.45, 2.75) is 26.2 Å². The number of rotatable bonds is 3. The van der Waals surface area contributed by atoms with Crippen molar-refractivity contribution < 1.29 is 14.6 Å². The third-order valence-corrected chi connectivity index (χ3v) is 3.53. The molecule has 23 heavy (non-hydrogen) atoms. The number of aliphatic imine (C=N–C) groups is 1. The van der Waals surface area contributed by atoms with Gasteiger partial charge in [-0.05, 0) is 29.2 Å².